The largest absolute Gasteiger partial charge is 0.481 e. The Kier molecular flexibility index (Phi) is 2.98. The highest BCUT2D eigenvalue weighted by atomic mass is 19.4. The Morgan fingerprint density at radius 3 is 2.44 bits per heavy atom. The minimum Gasteiger partial charge on any atom is -0.481 e. The summed E-state index contributed by atoms with van der Waals surface area (Å²) >= 11 is 0. The molecule has 94 valence electrons. The van der Waals surface area contributed by atoms with Crippen molar-refractivity contribution >= 4 is 16.7 Å². The van der Waals surface area contributed by atoms with Gasteiger partial charge in [-0.05, 0) is 22.4 Å². The molecule has 0 radical (unpaired) electrons. The van der Waals surface area contributed by atoms with Crippen LogP contribution in [-0.4, -0.2) is 11.1 Å². The lowest BCUT2D eigenvalue weighted by atomic mass is 9.99. The topological polar surface area (TPSA) is 37.3 Å². The van der Waals surface area contributed by atoms with Gasteiger partial charge in [0.1, 0.15) is 0 Å². The molecule has 0 aliphatic rings. The van der Waals surface area contributed by atoms with Crippen LogP contribution < -0.4 is 0 Å². The first-order chi connectivity index (χ1) is 8.38. The van der Waals surface area contributed by atoms with Crippen LogP contribution >= 0.6 is 0 Å². The van der Waals surface area contributed by atoms with Gasteiger partial charge in [-0.25, -0.2) is 0 Å². The lowest BCUT2D eigenvalue weighted by Crippen LogP contribution is -2.08. The number of aliphatic carboxylic acids is 1. The van der Waals surface area contributed by atoms with Crippen LogP contribution in [0.4, 0.5) is 13.2 Å². The first-order valence-electron chi connectivity index (χ1n) is 5.18. The quantitative estimate of drug-likeness (QED) is 0.890. The molecule has 5 heteroatoms. The molecule has 0 heterocycles. The molecule has 18 heavy (non-hydrogen) atoms. The summed E-state index contributed by atoms with van der Waals surface area (Å²) < 4.78 is 38.7. The zero-order valence-corrected chi connectivity index (χ0v) is 9.16. The van der Waals surface area contributed by atoms with Crippen LogP contribution in [0.25, 0.3) is 10.8 Å². The maximum Gasteiger partial charge on any atom is 0.417 e. The van der Waals surface area contributed by atoms with Gasteiger partial charge in [0.2, 0.25) is 0 Å². The number of carboxylic acids is 1. The van der Waals surface area contributed by atoms with Gasteiger partial charge >= 0.3 is 12.1 Å². The predicted molar refractivity (Wildman–Crippen MR) is 60.3 cm³/mol. The molecule has 0 unspecified atom stereocenters. The highest BCUT2D eigenvalue weighted by Crippen LogP contribution is 2.35. The molecule has 0 bridgehead atoms. The molecule has 0 saturated heterocycles. The van der Waals surface area contributed by atoms with Crippen molar-refractivity contribution in [2.75, 3.05) is 0 Å². The fraction of sp³-hybridized carbons (Fsp3) is 0.154. The molecule has 1 N–H and O–H groups in total. The number of halogens is 3. The monoisotopic (exact) mass is 254 g/mol. The van der Waals surface area contributed by atoms with E-state index in [1.807, 2.05) is 0 Å². The molecule has 0 atom stereocenters. The summed E-state index contributed by atoms with van der Waals surface area (Å²) in [5.41, 5.74) is -0.648. The maximum absolute atomic E-state index is 12.9. The molecule has 0 aromatic heterocycles. The fourth-order valence-corrected chi connectivity index (χ4v) is 1.88. The minimum atomic E-state index is -4.49. The van der Waals surface area contributed by atoms with Crippen molar-refractivity contribution in [3.8, 4) is 0 Å². The Balaban J connectivity index is 2.68. The first-order valence-corrected chi connectivity index (χ1v) is 5.18. The minimum absolute atomic E-state index is 0.0825. The third kappa shape index (κ3) is 2.45. The highest BCUT2D eigenvalue weighted by molar-refractivity contribution is 5.87. The molecule has 0 fully saturated rings. The second-order valence-corrected chi connectivity index (χ2v) is 3.93. The van der Waals surface area contributed by atoms with Gasteiger partial charge in [-0.2, -0.15) is 13.2 Å². The van der Waals surface area contributed by atoms with E-state index in [9.17, 15) is 18.0 Å². The molecule has 2 nitrogen and oxygen atoms in total. The molecule has 0 spiro atoms. The van der Waals surface area contributed by atoms with E-state index in [0.717, 1.165) is 6.07 Å². The van der Waals surface area contributed by atoms with E-state index in [0.29, 0.717) is 5.39 Å². The van der Waals surface area contributed by atoms with Crippen LogP contribution in [0.2, 0.25) is 0 Å². The number of carbonyl (C=O) groups is 1. The van der Waals surface area contributed by atoms with Crippen LogP contribution in [0.1, 0.15) is 11.1 Å². The van der Waals surface area contributed by atoms with Crippen LogP contribution in [0.15, 0.2) is 36.4 Å². The van der Waals surface area contributed by atoms with Gasteiger partial charge in [0.25, 0.3) is 0 Å². The SMILES string of the molecule is O=C(O)Cc1cc(C(F)(F)F)c2ccccc2c1. The number of hydrogen-bond donors (Lipinski definition) is 1. The molecule has 0 aliphatic heterocycles. The number of fused-ring (bicyclic) bond motifs is 1. The van der Waals surface area contributed by atoms with Crippen molar-refractivity contribution in [1.82, 2.24) is 0 Å². The Hall–Kier alpha value is -2.04. The second kappa shape index (κ2) is 4.33. The molecule has 0 aliphatic carbocycles. The Labute approximate surface area is 101 Å². The van der Waals surface area contributed by atoms with Crippen molar-refractivity contribution in [2.45, 2.75) is 12.6 Å². The van der Waals surface area contributed by atoms with Crippen LogP contribution in [0, 0.1) is 0 Å². The summed E-state index contributed by atoms with van der Waals surface area (Å²) in [5.74, 6) is -1.15. The number of benzene rings is 2. The summed E-state index contributed by atoms with van der Waals surface area (Å²) in [6.45, 7) is 0. The van der Waals surface area contributed by atoms with E-state index in [1.165, 1.54) is 24.3 Å². The third-order valence-corrected chi connectivity index (χ3v) is 2.58. The van der Waals surface area contributed by atoms with Gasteiger partial charge < -0.3 is 5.11 Å². The van der Waals surface area contributed by atoms with Gasteiger partial charge in [-0.1, -0.05) is 30.3 Å². The summed E-state index contributed by atoms with van der Waals surface area (Å²) in [4.78, 5) is 10.6. The summed E-state index contributed by atoms with van der Waals surface area (Å²) in [7, 11) is 0. The molecular weight excluding hydrogens is 245 g/mol. The predicted octanol–water partition coefficient (Wildman–Crippen LogP) is 3.49. The zero-order chi connectivity index (χ0) is 13.3. The van der Waals surface area contributed by atoms with Crippen molar-refractivity contribution in [3.63, 3.8) is 0 Å². The summed E-state index contributed by atoms with van der Waals surface area (Å²) in [5, 5.41) is 9.13. The summed E-state index contributed by atoms with van der Waals surface area (Å²) in [6, 6.07) is 8.43. The third-order valence-electron chi connectivity index (χ3n) is 2.58. The van der Waals surface area contributed by atoms with Gasteiger partial charge in [-0.15, -0.1) is 0 Å². The van der Waals surface area contributed by atoms with E-state index in [-0.39, 0.29) is 10.9 Å². The van der Waals surface area contributed by atoms with Gasteiger partial charge in [0, 0.05) is 0 Å². The van der Waals surface area contributed by atoms with Gasteiger partial charge in [0.15, 0.2) is 0 Å². The average molecular weight is 254 g/mol. The smallest absolute Gasteiger partial charge is 0.417 e. The molecule has 2 rings (SSSR count). The van der Waals surface area contributed by atoms with E-state index in [4.69, 9.17) is 5.11 Å². The van der Waals surface area contributed by atoms with E-state index < -0.39 is 24.1 Å². The fourth-order valence-electron chi connectivity index (χ4n) is 1.88. The van der Waals surface area contributed by atoms with E-state index >= 15 is 0 Å². The van der Waals surface area contributed by atoms with E-state index in [2.05, 4.69) is 0 Å². The van der Waals surface area contributed by atoms with Crippen molar-refractivity contribution in [2.24, 2.45) is 0 Å². The zero-order valence-electron chi connectivity index (χ0n) is 9.16. The standard InChI is InChI=1S/C13H9F3O2/c14-13(15,16)11-6-8(7-12(17)18)5-9-3-1-2-4-10(9)11/h1-6H,7H2,(H,17,18). The maximum atomic E-state index is 12.9. The number of rotatable bonds is 2. The lowest BCUT2D eigenvalue weighted by molar-refractivity contribution is -0.138. The van der Waals surface area contributed by atoms with Crippen LogP contribution in [0.3, 0.4) is 0 Å². The van der Waals surface area contributed by atoms with Crippen LogP contribution in [0.5, 0.6) is 0 Å². The normalized spacial score (nSPS) is 11.7. The number of hydrogen-bond acceptors (Lipinski definition) is 1. The Morgan fingerprint density at radius 2 is 1.83 bits per heavy atom. The summed E-state index contributed by atoms with van der Waals surface area (Å²) in [6.07, 6.45) is -4.91. The van der Waals surface area contributed by atoms with E-state index in [1.54, 1.807) is 6.07 Å². The molecule has 2 aromatic rings. The highest BCUT2D eigenvalue weighted by Gasteiger charge is 2.32. The molecule has 2 aromatic carbocycles. The molecular formula is C13H9F3O2. The first kappa shape index (κ1) is 12.4. The molecule has 0 saturated carbocycles. The second-order valence-electron chi connectivity index (χ2n) is 3.93. The Bertz CT molecular complexity index is 603. The van der Waals surface area contributed by atoms with Gasteiger partial charge in [-0.3, -0.25) is 4.79 Å². The molecule has 0 amide bonds. The van der Waals surface area contributed by atoms with Crippen molar-refractivity contribution in [3.05, 3.63) is 47.5 Å². The van der Waals surface area contributed by atoms with Crippen molar-refractivity contribution in [1.29, 1.82) is 0 Å². The average Bonchev–Trinajstić information content (AvgIpc) is 2.25. The number of alkyl halides is 3. The van der Waals surface area contributed by atoms with Gasteiger partial charge in [0.05, 0.1) is 12.0 Å². The number of carboxylic acid groups (broad SMARTS) is 1. The Morgan fingerprint density at radius 1 is 1.17 bits per heavy atom. The lowest BCUT2D eigenvalue weighted by Gasteiger charge is -2.12. The van der Waals surface area contributed by atoms with Crippen molar-refractivity contribution < 1.29 is 23.1 Å². The van der Waals surface area contributed by atoms with Crippen LogP contribution in [-0.2, 0) is 17.4 Å².